The molecule has 4 saturated carbocycles. The lowest BCUT2D eigenvalue weighted by Gasteiger charge is -2.56. The molecule has 7 nitrogen and oxygen atoms in total. The average molecular weight is 527 g/mol. The number of aliphatic hydroxyl groups is 1. The zero-order chi connectivity index (χ0) is 26.8. The van der Waals surface area contributed by atoms with E-state index < -0.39 is 35.5 Å². The third kappa shape index (κ3) is 3.90. The number of Topliss-reactive ketones (excluding diaryl/α,β-unsaturated/α-hetero) is 1. The van der Waals surface area contributed by atoms with Gasteiger partial charge in [0.2, 0.25) is 5.78 Å². The fraction of sp³-hybridized carbons (Fsp3) is 0.774. The Bertz CT molecular complexity index is 1050. The lowest BCUT2D eigenvalue weighted by atomic mass is 9.49. The smallest absolute Gasteiger partial charge is 0.308 e. The average Bonchev–Trinajstić information content (AvgIpc) is 3.40. The minimum atomic E-state index is -1.24. The van der Waals surface area contributed by atoms with Crippen molar-refractivity contribution in [1.29, 1.82) is 0 Å². The van der Waals surface area contributed by atoms with Gasteiger partial charge in [-0.2, -0.15) is 0 Å². The number of allylic oxidation sites excluding steroid dienone is 4. The summed E-state index contributed by atoms with van der Waals surface area (Å²) in [5.74, 6) is -0.283. The summed E-state index contributed by atoms with van der Waals surface area (Å²) < 4.78 is 19.0. The van der Waals surface area contributed by atoms with Crippen molar-refractivity contribution >= 4 is 17.5 Å². The highest BCUT2D eigenvalue weighted by Crippen LogP contribution is 2.68. The van der Waals surface area contributed by atoms with Gasteiger partial charge < -0.3 is 19.3 Å². The van der Waals surface area contributed by atoms with Crippen LogP contribution in [0.25, 0.3) is 0 Å². The second-order valence-corrected chi connectivity index (χ2v) is 13.2. The number of rotatable bonds is 5. The molecule has 0 amide bonds. The predicted octanol–water partition coefficient (Wildman–Crippen LogP) is 4.31. The maximum absolute atomic E-state index is 14.2. The molecule has 1 aliphatic heterocycles. The number of aliphatic hydroxyl groups excluding tert-OH is 1. The van der Waals surface area contributed by atoms with Gasteiger partial charge in [-0.3, -0.25) is 14.4 Å². The predicted molar refractivity (Wildman–Crippen MR) is 139 cm³/mol. The van der Waals surface area contributed by atoms with E-state index in [4.69, 9.17) is 14.2 Å². The van der Waals surface area contributed by atoms with Crippen LogP contribution in [0.4, 0.5) is 0 Å². The lowest BCUT2D eigenvalue weighted by Crippen LogP contribution is -2.62. The van der Waals surface area contributed by atoms with Crippen molar-refractivity contribution in [2.24, 2.45) is 40.9 Å². The summed E-state index contributed by atoms with van der Waals surface area (Å²) in [5.41, 5.74) is -0.758. The van der Waals surface area contributed by atoms with Crippen molar-refractivity contribution in [2.75, 3.05) is 6.61 Å². The van der Waals surface area contributed by atoms with Gasteiger partial charge in [0.05, 0.1) is 18.1 Å². The zero-order valence-corrected chi connectivity index (χ0v) is 22.9. The van der Waals surface area contributed by atoms with Crippen LogP contribution >= 0.6 is 0 Å². The summed E-state index contributed by atoms with van der Waals surface area (Å²) in [6.45, 7) is 5.29. The standard InChI is InChI=1S/C31H42O7/c1-17(2)28(35)36-16-25(34)31-26(37-29(38-31)18-7-5-4-6-8-18)14-23-22-11-9-19-13-20(32)10-12-21(19)27(22)24(33)15-30(23,31)3/h10,12-13,17-18,21-24,26-27,29,33H,4-9,11,14-16H2,1-3H3/t21?,22-,23-,24-,26+,27+,29+,30-,31+/m0/s1. The van der Waals surface area contributed by atoms with E-state index in [1.54, 1.807) is 26.0 Å². The van der Waals surface area contributed by atoms with E-state index in [1.165, 1.54) is 6.42 Å². The van der Waals surface area contributed by atoms with Gasteiger partial charge in [-0.05, 0) is 68.4 Å². The van der Waals surface area contributed by atoms with Gasteiger partial charge >= 0.3 is 5.97 Å². The van der Waals surface area contributed by atoms with Crippen LogP contribution in [-0.4, -0.2) is 53.3 Å². The van der Waals surface area contributed by atoms with Gasteiger partial charge in [-0.1, -0.05) is 51.7 Å². The van der Waals surface area contributed by atoms with Crippen LogP contribution in [0, 0.1) is 40.9 Å². The summed E-state index contributed by atoms with van der Waals surface area (Å²) >= 11 is 0. The van der Waals surface area contributed by atoms with Crippen LogP contribution in [0.3, 0.4) is 0 Å². The zero-order valence-electron chi connectivity index (χ0n) is 22.9. The second-order valence-electron chi connectivity index (χ2n) is 13.2. The van der Waals surface area contributed by atoms with Crippen molar-refractivity contribution in [3.63, 3.8) is 0 Å². The number of carbonyl (C=O) groups is 3. The molecular weight excluding hydrogens is 484 g/mol. The van der Waals surface area contributed by atoms with Gasteiger partial charge in [0.25, 0.3) is 0 Å². The van der Waals surface area contributed by atoms with Gasteiger partial charge in [-0.15, -0.1) is 0 Å². The van der Waals surface area contributed by atoms with E-state index in [1.807, 2.05) is 6.08 Å². The maximum atomic E-state index is 14.2. The first kappa shape index (κ1) is 26.4. The molecule has 1 saturated heterocycles. The maximum Gasteiger partial charge on any atom is 0.308 e. The topological polar surface area (TPSA) is 99.1 Å². The second kappa shape index (κ2) is 9.67. The van der Waals surface area contributed by atoms with Crippen LogP contribution < -0.4 is 0 Å². The molecule has 1 heterocycles. The van der Waals surface area contributed by atoms with Crippen LogP contribution in [0.15, 0.2) is 23.8 Å². The van der Waals surface area contributed by atoms with Crippen LogP contribution in [0.1, 0.15) is 78.6 Å². The summed E-state index contributed by atoms with van der Waals surface area (Å²) in [4.78, 5) is 38.5. The number of ether oxygens (including phenoxy) is 3. The lowest BCUT2D eigenvalue weighted by molar-refractivity contribution is -0.207. The molecule has 0 aromatic carbocycles. The molecule has 9 atom stereocenters. The van der Waals surface area contributed by atoms with Crippen molar-refractivity contribution in [3.8, 4) is 0 Å². The molecular formula is C31H42O7. The quantitative estimate of drug-likeness (QED) is 0.533. The Balaban J connectivity index is 1.33. The SMILES string of the molecule is CC(C)C(=O)OCC(=O)[C@@]12O[C@H](C3CCCCC3)O[C@@H]1C[C@H]1[C@@H]3CCC4=CC(=O)C=CC4[C@H]3[C@@H](O)C[C@@]12C. The Morgan fingerprint density at radius 3 is 2.68 bits per heavy atom. The third-order valence-corrected chi connectivity index (χ3v) is 10.9. The molecule has 5 aliphatic carbocycles. The Labute approximate surface area is 225 Å². The highest BCUT2D eigenvalue weighted by atomic mass is 16.7. The highest BCUT2D eigenvalue weighted by molar-refractivity contribution is 6.01. The molecule has 5 fully saturated rings. The van der Waals surface area contributed by atoms with Gasteiger partial charge in [0.15, 0.2) is 24.3 Å². The Morgan fingerprint density at radius 1 is 1.18 bits per heavy atom. The summed E-state index contributed by atoms with van der Waals surface area (Å²) in [6.07, 6.45) is 12.2. The molecule has 0 radical (unpaired) electrons. The van der Waals surface area contributed by atoms with Gasteiger partial charge in [0.1, 0.15) is 0 Å². The van der Waals surface area contributed by atoms with Crippen LogP contribution in [0.2, 0.25) is 0 Å². The Kier molecular flexibility index (Phi) is 6.72. The fourth-order valence-corrected chi connectivity index (χ4v) is 9.19. The van der Waals surface area contributed by atoms with E-state index in [2.05, 4.69) is 6.92 Å². The van der Waals surface area contributed by atoms with Gasteiger partial charge in [-0.25, -0.2) is 0 Å². The molecule has 6 aliphatic rings. The number of hydrogen-bond acceptors (Lipinski definition) is 7. The first-order chi connectivity index (χ1) is 18.2. The van der Waals surface area contributed by atoms with E-state index in [0.717, 1.165) is 44.1 Å². The highest BCUT2D eigenvalue weighted by Gasteiger charge is 2.75. The van der Waals surface area contributed by atoms with E-state index in [9.17, 15) is 19.5 Å². The van der Waals surface area contributed by atoms with Crippen molar-refractivity contribution < 1.29 is 33.7 Å². The summed E-state index contributed by atoms with van der Waals surface area (Å²) in [7, 11) is 0. The summed E-state index contributed by atoms with van der Waals surface area (Å²) in [6, 6.07) is 0. The molecule has 1 unspecified atom stereocenters. The largest absolute Gasteiger partial charge is 0.457 e. The Hall–Kier alpha value is -1.83. The van der Waals surface area contributed by atoms with Gasteiger partial charge in [0, 0.05) is 17.3 Å². The normalized spacial score (nSPS) is 44.2. The number of hydrogen-bond donors (Lipinski definition) is 1. The first-order valence-electron chi connectivity index (χ1n) is 14.8. The molecule has 7 heteroatoms. The minimum absolute atomic E-state index is 0.0105. The monoisotopic (exact) mass is 526 g/mol. The van der Waals surface area contributed by atoms with Crippen molar-refractivity contribution in [2.45, 2.75) is 103 Å². The number of fused-ring (bicyclic) bond motifs is 7. The van der Waals surface area contributed by atoms with Crippen molar-refractivity contribution in [3.05, 3.63) is 23.8 Å². The molecule has 1 N–H and O–H groups in total. The first-order valence-corrected chi connectivity index (χ1v) is 14.8. The molecule has 6 rings (SSSR count). The molecule has 208 valence electrons. The van der Waals surface area contributed by atoms with E-state index in [-0.39, 0.29) is 53.7 Å². The Morgan fingerprint density at radius 2 is 1.95 bits per heavy atom. The van der Waals surface area contributed by atoms with Crippen LogP contribution in [0.5, 0.6) is 0 Å². The molecule has 0 bridgehead atoms. The minimum Gasteiger partial charge on any atom is -0.457 e. The molecule has 0 spiro atoms. The summed E-state index contributed by atoms with van der Waals surface area (Å²) in [5, 5.41) is 11.7. The molecule has 0 aromatic rings. The number of carbonyl (C=O) groups excluding carboxylic acids is 3. The van der Waals surface area contributed by atoms with E-state index in [0.29, 0.717) is 12.8 Å². The van der Waals surface area contributed by atoms with Crippen LogP contribution in [-0.2, 0) is 28.6 Å². The number of esters is 1. The third-order valence-electron chi connectivity index (χ3n) is 10.9. The molecule has 38 heavy (non-hydrogen) atoms. The molecule has 0 aromatic heterocycles. The van der Waals surface area contributed by atoms with E-state index >= 15 is 0 Å². The fourth-order valence-electron chi connectivity index (χ4n) is 9.19. The van der Waals surface area contributed by atoms with Crippen molar-refractivity contribution in [1.82, 2.24) is 0 Å². The number of ketones is 2.